The van der Waals surface area contributed by atoms with Gasteiger partial charge in [0.2, 0.25) is 5.91 Å². The van der Waals surface area contributed by atoms with Crippen LogP contribution in [0.1, 0.15) is 11.1 Å². The Morgan fingerprint density at radius 3 is 2.51 bits per heavy atom. The maximum atomic E-state index is 12.9. The molecule has 0 saturated heterocycles. The van der Waals surface area contributed by atoms with E-state index >= 15 is 0 Å². The second-order valence-electron chi connectivity index (χ2n) is 7.96. The van der Waals surface area contributed by atoms with Crippen molar-refractivity contribution in [2.45, 2.75) is 19.0 Å². The van der Waals surface area contributed by atoms with Crippen LogP contribution in [-0.4, -0.2) is 40.2 Å². The molecule has 0 spiro atoms. The molecule has 0 radical (unpaired) electrons. The van der Waals surface area contributed by atoms with Crippen LogP contribution in [0.5, 0.6) is 11.5 Å². The number of methoxy groups -OCH3 is 1. The van der Waals surface area contributed by atoms with E-state index in [1.807, 2.05) is 66.9 Å². The van der Waals surface area contributed by atoms with Crippen LogP contribution in [-0.2, 0) is 27.3 Å². The maximum Gasteiger partial charge on any atom is 0.328 e. The van der Waals surface area contributed by atoms with Crippen molar-refractivity contribution in [3.05, 3.63) is 95.1 Å². The number of ether oxygens (including phenoxy) is 2. The molecule has 0 aliphatic heterocycles. The van der Waals surface area contributed by atoms with Crippen LogP contribution in [0.3, 0.4) is 0 Å². The largest absolute Gasteiger partial charge is 0.467 e. The zero-order chi connectivity index (χ0) is 24.8. The topological polar surface area (TPSA) is 71.6 Å². The Morgan fingerprint density at radius 2 is 1.80 bits per heavy atom. The molecule has 35 heavy (non-hydrogen) atoms. The molecule has 0 bridgehead atoms. The number of para-hydroxylation sites is 1. The molecule has 0 fully saturated rings. The van der Waals surface area contributed by atoms with Gasteiger partial charge >= 0.3 is 5.97 Å². The van der Waals surface area contributed by atoms with Crippen LogP contribution in [0.2, 0.25) is 5.02 Å². The molecule has 0 unspecified atom stereocenters. The molecule has 1 aromatic heterocycles. The second-order valence-corrected chi connectivity index (χ2v) is 8.96. The quantitative estimate of drug-likeness (QED) is 0.199. The second kappa shape index (κ2) is 11.4. The summed E-state index contributed by atoms with van der Waals surface area (Å²) in [5, 5.41) is 1.69. The summed E-state index contributed by atoms with van der Waals surface area (Å²) in [5.74, 6) is 0.591. The number of benzene rings is 3. The van der Waals surface area contributed by atoms with Crippen molar-refractivity contribution in [2.75, 3.05) is 12.4 Å². The Bertz CT molecular complexity index is 1320. The van der Waals surface area contributed by atoms with Crippen LogP contribution in [0.25, 0.3) is 10.9 Å². The number of aromatic nitrogens is 1. The van der Waals surface area contributed by atoms with Crippen molar-refractivity contribution in [3.8, 4) is 11.5 Å². The molecule has 0 aliphatic rings. The van der Waals surface area contributed by atoms with Gasteiger partial charge in [-0.1, -0.05) is 63.9 Å². The van der Waals surface area contributed by atoms with Crippen LogP contribution < -0.4 is 4.74 Å². The van der Waals surface area contributed by atoms with E-state index in [-0.39, 0.29) is 17.8 Å². The number of fused-ring (bicyclic) bond motifs is 1. The summed E-state index contributed by atoms with van der Waals surface area (Å²) in [6.07, 6.45) is 2.20. The molecule has 1 atom stereocenters. The lowest BCUT2D eigenvalue weighted by molar-refractivity contribution is -0.152. The molecule has 0 aliphatic carbocycles. The first kappa shape index (κ1) is 24.8. The summed E-state index contributed by atoms with van der Waals surface area (Å²) in [5.41, 5.74) is 2.76. The van der Waals surface area contributed by atoms with Gasteiger partial charge in [-0.25, -0.2) is 4.79 Å². The molecule has 1 heterocycles. The fourth-order valence-corrected chi connectivity index (χ4v) is 4.44. The van der Waals surface area contributed by atoms with Crippen molar-refractivity contribution >= 4 is 50.3 Å². The highest BCUT2D eigenvalue weighted by atomic mass is 79.9. The Balaban J connectivity index is 1.56. The Labute approximate surface area is 216 Å². The van der Waals surface area contributed by atoms with Gasteiger partial charge in [0.1, 0.15) is 17.5 Å². The summed E-state index contributed by atoms with van der Waals surface area (Å²) in [6.45, 7) is 0.240. The molecule has 1 amide bonds. The summed E-state index contributed by atoms with van der Waals surface area (Å²) in [7, 11) is 1.34. The van der Waals surface area contributed by atoms with E-state index in [1.54, 1.807) is 17.0 Å². The number of amides is 1. The van der Waals surface area contributed by atoms with Crippen molar-refractivity contribution in [1.82, 2.24) is 9.88 Å². The van der Waals surface area contributed by atoms with E-state index in [1.165, 1.54) is 7.11 Å². The number of alkyl halides is 1. The summed E-state index contributed by atoms with van der Waals surface area (Å²) in [4.78, 5) is 30.6. The molecule has 4 rings (SSSR count). The number of esters is 1. The summed E-state index contributed by atoms with van der Waals surface area (Å²) in [6, 6.07) is 21.6. The number of halogens is 2. The first-order valence-electron chi connectivity index (χ1n) is 11.0. The van der Waals surface area contributed by atoms with Gasteiger partial charge in [-0.05, 0) is 47.5 Å². The SMILES string of the molecule is COC(=O)[C@@H](Cc1c[nH]c2ccccc12)N(Cc1ccc(Oc2cccc(Cl)c2)cc1)C(=O)CBr. The van der Waals surface area contributed by atoms with Gasteiger partial charge in [0.25, 0.3) is 0 Å². The van der Waals surface area contributed by atoms with Crippen LogP contribution in [0, 0.1) is 0 Å². The van der Waals surface area contributed by atoms with Crippen molar-refractivity contribution in [2.24, 2.45) is 0 Å². The van der Waals surface area contributed by atoms with Gasteiger partial charge in [0, 0.05) is 35.1 Å². The fourth-order valence-electron chi connectivity index (χ4n) is 3.94. The van der Waals surface area contributed by atoms with Crippen LogP contribution in [0.4, 0.5) is 0 Å². The number of aromatic amines is 1. The number of carbonyl (C=O) groups is 2. The molecule has 4 aromatic rings. The molecular formula is C27H24BrClN2O4. The minimum atomic E-state index is -0.786. The van der Waals surface area contributed by atoms with Gasteiger partial charge in [-0.3, -0.25) is 4.79 Å². The van der Waals surface area contributed by atoms with E-state index in [9.17, 15) is 9.59 Å². The predicted octanol–water partition coefficient (Wildman–Crippen LogP) is 6.12. The fraction of sp³-hybridized carbons (Fsp3) is 0.185. The third-order valence-corrected chi connectivity index (χ3v) is 6.40. The molecule has 0 saturated carbocycles. The van der Waals surface area contributed by atoms with E-state index in [0.29, 0.717) is 22.9 Å². The van der Waals surface area contributed by atoms with Gasteiger partial charge in [-0.2, -0.15) is 0 Å². The number of nitrogens with zero attached hydrogens (tertiary/aromatic N) is 1. The molecule has 180 valence electrons. The average Bonchev–Trinajstić information content (AvgIpc) is 3.29. The van der Waals surface area contributed by atoms with E-state index in [0.717, 1.165) is 22.0 Å². The maximum absolute atomic E-state index is 12.9. The van der Waals surface area contributed by atoms with Crippen LogP contribution in [0.15, 0.2) is 79.0 Å². The number of rotatable bonds is 9. The highest BCUT2D eigenvalue weighted by molar-refractivity contribution is 9.09. The molecule has 6 nitrogen and oxygen atoms in total. The monoisotopic (exact) mass is 554 g/mol. The first-order chi connectivity index (χ1) is 17.0. The lowest BCUT2D eigenvalue weighted by Gasteiger charge is -2.30. The third-order valence-electron chi connectivity index (χ3n) is 5.68. The minimum Gasteiger partial charge on any atom is -0.467 e. The standard InChI is InChI=1S/C27H24BrClN2O4/c1-34-27(33)25(13-19-16-30-24-8-3-2-7-23(19)24)31(26(32)15-28)17-18-9-11-21(12-10-18)35-22-6-4-5-20(29)14-22/h2-12,14,16,25,30H,13,15,17H2,1H3/t25-/m1/s1. The summed E-state index contributed by atoms with van der Waals surface area (Å²) >= 11 is 9.29. The van der Waals surface area contributed by atoms with Gasteiger partial charge < -0.3 is 19.4 Å². The normalized spacial score (nSPS) is 11.7. The zero-order valence-electron chi connectivity index (χ0n) is 19.0. The lowest BCUT2D eigenvalue weighted by atomic mass is 10.0. The Morgan fingerprint density at radius 1 is 1.03 bits per heavy atom. The third kappa shape index (κ3) is 6.05. The molecular weight excluding hydrogens is 532 g/mol. The van der Waals surface area contributed by atoms with E-state index in [2.05, 4.69) is 20.9 Å². The first-order valence-corrected chi connectivity index (χ1v) is 12.5. The Kier molecular flexibility index (Phi) is 8.10. The Hall–Kier alpha value is -3.29. The molecule has 3 aromatic carbocycles. The van der Waals surface area contributed by atoms with Gasteiger partial charge in [0.05, 0.1) is 12.4 Å². The number of hydrogen-bond acceptors (Lipinski definition) is 4. The van der Waals surface area contributed by atoms with Crippen molar-refractivity contribution in [1.29, 1.82) is 0 Å². The molecule has 1 N–H and O–H groups in total. The number of hydrogen-bond donors (Lipinski definition) is 1. The molecule has 8 heteroatoms. The average molecular weight is 556 g/mol. The van der Waals surface area contributed by atoms with Gasteiger partial charge in [-0.15, -0.1) is 0 Å². The lowest BCUT2D eigenvalue weighted by Crippen LogP contribution is -2.47. The van der Waals surface area contributed by atoms with Crippen molar-refractivity contribution in [3.63, 3.8) is 0 Å². The predicted molar refractivity (Wildman–Crippen MR) is 140 cm³/mol. The van der Waals surface area contributed by atoms with Crippen LogP contribution >= 0.6 is 27.5 Å². The highest BCUT2D eigenvalue weighted by Gasteiger charge is 2.31. The van der Waals surface area contributed by atoms with Crippen molar-refractivity contribution < 1.29 is 19.1 Å². The minimum absolute atomic E-state index is 0.0876. The van der Waals surface area contributed by atoms with E-state index < -0.39 is 12.0 Å². The number of carbonyl (C=O) groups excluding carboxylic acids is 2. The number of H-pyrrole nitrogens is 1. The highest BCUT2D eigenvalue weighted by Crippen LogP contribution is 2.26. The smallest absolute Gasteiger partial charge is 0.328 e. The van der Waals surface area contributed by atoms with Gasteiger partial charge in [0.15, 0.2) is 0 Å². The summed E-state index contributed by atoms with van der Waals surface area (Å²) < 4.78 is 10.9. The zero-order valence-corrected chi connectivity index (χ0v) is 21.4. The van der Waals surface area contributed by atoms with E-state index in [4.69, 9.17) is 21.1 Å². The number of nitrogens with one attached hydrogen (secondary N) is 1.